The lowest BCUT2D eigenvalue weighted by molar-refractivity contribution is 0.479. The molecule has 66 valence electrons. The molecule has 0 aliphatic heterocycles. The Bertz CT molecular complexity index is 325. The van der Waals surface area contributed by atoms with E-state index in [2.05, 4.69) is 37.3 Å². The van der Waals surface area contributed by atoms with E-state index >= 15 is 0 Å². The SMILES string of the molecule is CC12C=CC=CC1=CC=CC2BO. The summed E-state index contributed by atoms with van der Waals surface area (Å²) in [5.74, 6) is 0.216. The number of rotatable bonds is 1. The Balaban J connectivity index is 2.43. The molecule has 0 bridgehead atoms. The van der Waals surface area contributed by atoms with E-state index in [1.54, 1.807) is 0 Å². The predicted molar refractivity (Wildman–Crippen MR) is 56.7 cm³/mol. The summed E-state index contributed by atoms with van der Waals surface area (Å²) in [5, 5.41) is 9.26. The Kier molecular flexibility index (Phi) is 2.00. The van der Waals surface area contributed by atoms with Crippen LogP contribution in [0, 0.1) is 5.41 Å². The number of hydrogen-bond donors (Lipinski definition) is 1. The van der Waals surface area contributed by atoms with Crippen molar-refractivity contribution in [3.8, 4) is 0 Å². The normalized spacial score (nSPS) is 35.5. The van der Waals surface area contributed by atoms with Crippen LogP contribution < -0.4 is 0 Å². The molecule has 2 unspecified atom stereocenters. The second-order valence-electron chi connectivity index (χ2n) is 3.80. The Hall–Kier alpha value is -1.02. The van der Waals surface area contributed by atoms with Crippen LogP contribution in [0.4, 0.5) is 0 Å². The Morgan fingerprint density at radius 3 is 3.00 bits per heavy atom. The van der Waals surface area contributed by atoms with Crippen LogP contribution in [0.25, 0.3) is 0 Å². The highest BCUT2D eigenvalue weighted by Crippen LogP contribution is 2.45. The molecule has 13 heavy (non-hydrogen) atoms. The predicted octanol–water partition coefficient (Wildman–Crippen LogP) is 1.75. The van der Waals surface area contributed by atoms with Gasteiger partial charge in [-0.2, -0.15) is 0 Å². The van der Waals surface area contributed by atoms with E-state index in [4.69, 9.17) is 0 Å². The van der Waals surface area contributed by atoms with E-state index in [9.17, 15) is 5.02 Å². The molecule has 0 heterocycles. The van der Waals surface area contributed by atoms with Crippen molar-refractivity contribution in [2.75, 3.05) is 0 Å². The van der Waals surface area contributed by atoms with Gasteiger partial charge in [-0.3, -0.25) is 0 Å². The number of hydrogen-bond acceptors (Lipinski definition) is 1. The standard InChI is InChI=1S/C11H13BO/c1-11-8-3-2-5-9(11)6-4-7-10(11)12-13/h2-8,10,12-13H,1H3. The summed E-state index contributed by atoms with van der Waals surface area (Å²) >= 11 is 0. The molecule has 2 rings (SSSR count). The van der Waals surface area contributed by atoms with Crippen LogP contribution in [0.3, 0.4) is 0 Å². The minimum atomic E-state index is -0.00174. The summed E-state index contributed by atoms with van der Waals surface area (Å²) in [4.78, 5) is 0. The van der Waals surface area contributed by atoms with Gasteiger partial charge >= 0.3 is 0 Å². The number of allylic oxidation sites excluding steroid dienone is 8. The largest absolute Gasteiger partial charge is 0.453 e. The first kappa shape index (κ1) is 8.58. The average molecular weight is 172 g/mol. The molecule has 1 nitrogen and oxygen atoms in total. The van der Waals surface area contributed by atoms with Gasteiger partial charge in [0.1, 0.15) is 0 Å². The Labute approximate surface area is 79.4 Å². The third-order valence-corrected chi connectivity index (χ3v) is 3.04. The van der Waals surface area contributed by atoms with Gasteiger partial charge in [0.2, 0.25) is 0 Å². The van der Waals surface area contributed by atoms with E-state index < -0.39 is 0 Å². The highest BCUT2D eigenvalue weighted by molar-refractivity contribution is 6.29. The van der Waals surface area contributed by atoms with Crippen molar-refractivity contribution in [1.82, 2.24) is 0 Å². The highest BCUT2D eigenvalue weighted by atomic mass is 16.2. The fraction of sp³-hybridized carbons (Fsp3) is 0.273. The van der Waals surface area contributed by atoms with E-state index in [1.165, 1.54) is 5.57 Å². The highest BCUT2D eigenvalue weighted by Gasteiger charge is 2.35. The molecular formula is C11H13BO. The Morgan fingerprint density at radius 1 is 1.38 bits per heavy atom. The van der Waals surface area contributed by atoms with Gasteiger partial charge in [0, 0.05) is 5.41 Å². The summed E-state index contributed by atoms with van der Waals surface area (Å²) in [6, 6.07) is 0. The maximum absolute atomic E-state index is 9.26. The molecule has 0 saturated heterocycles. The topological polar surface area (TPSA) is 20.2 Å². The minimum Gasteiger partial charge on any atom is -0.453 e. The first-order chi connectivity index (χ1) is 6.27. The van der Waals surface area contributed by atoms with Gasteiger partial charge in [0.25, 0.3) is 7.48 Å². The average Bonchev–Trinajstić information content (AvgIpc) is 2.16. The van der Waals surface area contributed by atoms with Crippen LogP contribution in [0.15, 0.2) is 48.1 Å². The zero-order chi connectivity index (χ0) is 9.31. The summed E-state index contributed by atoms with van der Waals surface area (Å²) in [6.45, 7) is 2.17. The molecule has 0 radical (unpaired) electrons. The van der Waals surface area contributed by atoms with Crippen molar-refractivity contribution in [1.29, 1.82) is 0 Å². The second-order valence-corrected chi connectivity index (χ2v) is 3.80. The molecule has 0 amide bonds. The van der Waals surface area contributed by atoms with Crippen LogP contribution in [0.2, 0.25) is 5.82 Å². The Morgan fingerprint density at radius 2 is 2.23 bits per heavy atom. The number of fused-ring (bicyclic) bond motifs is 1. The summed E-state index contributed by atoms with van der Waals surface area (Å²) in [7, 11) is 0.211. The van der Waals surface area contributed by atoms with Crippen molar-refractivity contribution in [2.45, 2.75) is 12.7 Å². The molecule has 2 heteroatoms. The molecule has 0 aromatic heterocycles. The summed E-state index contributed by atoms with van der Waals surface area (Å²) < 4.78 is 0. The van der Waals surface area contributed by atoms with Gasteiger partial charge in [0.15, 0.2) is 0 Å². The molecule has 0 saturated carbocycles. The first-order valence-corrected chi connectivity index (χ1v) is 4.63. The van der Waals surface area contributed by atoms with Crippen LogP contribution >= 0.6 is 0 Å². The van der Waals surface area contributed by atoms with Gasteiger partial charge in [-0.15, -0.1) is 0 Å². The third-order valence-electron chi connectivity index (χ3n) is 3.04. The van der Waals surface area contributed by atoms with Crippen molar-refractivity contribution >= 4 is 7.48 Å². The van der Waals surface area contributed by atoms with E-state index in [0.717, 1.165) is 0 Å². The lowest BCUT2D eigenvalue weighted by Crippen LogP contribution is -2.28. The maximum Gasteiger partial charge on any atom is 0.278 e. The molecule has 2 aliphatic carbocycles. The third kappa shape index (κ3) is 1.22. The quantitative estimate of drug-likeness (QED) is 0.597. The fourth-order valence-electron chi connectivity index (χ4n) is 2.01. The van der Waals surface area contributed by atoms with Crippen molar-refractivity contribution in [3.05, 3.63) is 48.1 Å². The van der Waals surface area contributed by atoms with E-state index in [-0.39, 0.29) is 18.7 Å². The molecule has 1 N–H and O–H groups in total. The zero-order valence-electron chi connectivity index (χ0n) is 7.77. The molecule has 0 aromatic carbocycles. The van der Waals surface area contributed by atoms with Crippen LogP contribution in [0.1, 0.15) is 6.92 Å². The van der Waals surface area contributed by atoms with Crippen molar-refractivity contribution < 1.29 is 5.02 Å². The van der Waals surface area contributed by atoms with Gasteiger partial charge < -0.3 is 5.02 Å². The van der Waals surface area contributed by atoms with E-state index in [0.29, 0.717) is 0 Å². The van der Waals surface area contributed by atoms with Gasteiger partial charge in [-0.1, -0.05) is 49.5 Å². The fourth-order valence-corrected chi connectivity index (χ4v) is 2.01. The molecule has 0 aromatic rings. The van der Waals surface area contributed by atoms with Crippen LogP contribution in [0.5, 0.6) is 0 Å². The van der Waals surface area contributed by atoms with Gasteiger partial charge in [-0.05, 0) is 11.4 Å². The lowest BCUT2D eigenvalue weighted by atomic mass is 9.57. The summed E-state index contributed by atoms with van der Waals surface area (Å²) in [6.07, 6.45) is 14.6. The first-order valence-electron chi connectivity index (χ1n) is 4.63. The molecule has 0 fully saturated rings. The van der Waals surface area contributed by atoms with E-state index in [1.807, 2.05) is 12.2 Å². The van der Waals surface area contributed by atoms with Gasteiger partial charge in [0.05, 0.1) is 0 Å². The molecule has 2 atom stereocenters. The van der Waals surface area contributed by atoms with Crippen molar-refractivity contribution in [2.24, 2.45) is 5.41 Å². The second kappa shape index (κ2) is 3.04. The summed E-state index contributed by atoms with van der Waals surface area (Å²) in [5.41, 5.74) is 1.29. The monoisotopic (exact) mass is 172 g/mol. The molecule has 0 spiro atoms. The molecule has 2 aliphatic rings. The van der Waals surface area contributed by atoms with Crippen molar-refractivity contribution in [3.63, 3.8) is 0 Å². The lowest BCUT2D eigenvalue weighted by Gasteiger charge is -2.37. The molecular weight excluding hydrogens is 159 g/mol. The minimum absolute atomic E-state index is 0.00174. The van der Waals surface area contributed by atoms with Crippen LogP contribution in [-0.4, -0.2) is 12.5 Å². The maximum atomic E-state index is 9.26. The zero-order valence-corrected chi connectivity index (χ0v) is 7.77. The van der Waals surface area contributed by atoms with Gasteiger partial charge in [-0.25, -0.2) is 0 Å². The smallest absolute Gasteiger partial charge is 0.278 e. The van der Waals surface area contributed by atoms with Crippen LogP contribution in [-0.2, 0) is 0 Å².